The van der Waals surface area contributed by atoms with Crippen molar-refractivity contribution in [1.29, 1.82) is 0 Å². The van der Waals surface area contributed by atoms with E-state index >= 15 is 0 Å². The molecular formula is C18H19N3O2. The second kappa shape index (κ2) is 7.89. The summed E-state index contributed by atoms with van der Waals surface area (Å²) in [4.78, 5) is 28.2. The summed E-state index contributed by atoms with van der Waals surface area (Å²) < 4.78 is 0. The number of nitrogens with zero attached hydrogens (tertiary/aromatic N) is 1. The highest BCUT2D eigenvalue weighted by atomic mass is 16.2. The van der Waals surface area contributed by atoms with E-state index in [1.54, 1.807) is 12.1 Å². The molecule has 0 spiro atoms. The molecule has 2 N–H and O–H groups in total. The number of nitrogens with one attached hydrogen (secondary N) is 2. The van der Waals surface area contributed by atoms with Gasteiger partial charge in [-0.1, -0.05) is 36.4 Å². The Morgan fingerprint density at radius 2 is 1.96 bits per heavy atom. The van der Waals surface area contributed by atoms with Gasteiger partial charge in [-0.2, -0.15) is 0 Å². The number of hydrogen-bond acceptors (Lipinski definition) is 3. The summed E-state index contributed by atoms with van der Waals surface area (Å²) in [5.74, 6) is -0.586. The zero-order valence-electron chi connectivity index (χ0n) is 13.0. The van der Waals surface area contributed by atoms with Crippen LogP contribution in [0.25, 0.3) is 0 Å². The fourth-order valence-electron chi connectivity index (χ4n) is 2.06. The Hall–Kier alpha value is -2.95. The highest BCUT2D eigenvalue weighted by molar-refractivity contribution is 5.98. The lowest BCUT2D eigenvalue weighted by Gasteiger charge is -2.14. The molecule has 2 rings (SSSR count). The Balaban J connectivity index is 2.07. The van der Waals surface area contributed by atoms with Gasteiger partial charge in [-0.15, -0.1) is 6.58 Å². The van der Waals surface area contributed by atoms with Crippen LogP contribution < -0.4 is 10.6 Å². The number of hydrogen-bond donors (Lipinski definition) is 2. The van der Waals surface area contributed by atoms with Gasteiger partial charge >= 0.3 is 0 Å². The van der Waals surface area contributed by atoms with Gasteiger partial charge in [0, 0.05) is 18.3 Å². The van der Waals surface area contributed by atoms with Crippen molar-refractivity contribution >= 4 is 11.8 Å². The molecule has 0 saturated carbocycles. The van der Waals surface area contributed by atoms with Crippen molar-refractivity contribution < 1.29 is 9.59 Å². The van der Waals surface area contributed by atoms with Gasteiger partial charge in [-0.05, 0) is 24.6 Å². The van der Waals surface area contributed by atoms with E-state index in [4.69, 9.17) is 0 Å². The van der Waals surface area contributed by atoms with E-state index in [0.717, 1.165) is 5.56 Å². The standard InChI is InChI=1S/C18H19N3O2/c1-3-10-20-17(22)15-9-11-19-16(12-15)18(23)21-13(2)14-7-5-4-6-8-14/h3-9,11-13H,1,10H2,2H3,(H,20,22)(H,21,23). The monoisotopic (exact) mass is 309 g/mol. The molecule has 5 nitrogen and oxygen atoms in total. The van der Waals surface area contributed by atoms with Gasteiger partial charge in [0.1, 0.15) is 5.69 Å². The van der Waals surface area contributed by atoms with Crippen LogP contribution in [0.4, 0.5) is 0 Å². The Morgan fingerprint density at radius 3 is 2.65 bits per heavy atom. The third kappa shape index (κ3) is 4.51. The van der Waals surface area contributed by atoms with Gasteiger partial charge in [0.25, 0.3) is 11.8 Å². The minimum absolute atomic E-state index is 0.149. The summed E-state index contributed by atoms with van der Waals surface area (Å²) in [5, 5.41) is 5.54. The first-order valence-corrected chi connectivity index (χ1v) is 7.32. The summed E-state index contributed by atoms with van der Waals surface area (Å²) in [6, 6.07) is 12.5. The molecule has 118 valence electrons. The Kier molecular flexibility index (Phi) is 5.63. The molecule has 1 heterocycles. The Bertz CT molecular complexity index is 698. The average Bonchev–Trinajstić information content (AvgIpc) is 2.60. The van der Waals surface area contributed by atoms with Gasteiger partial charge < -0.3 is 10.6 Å². The molecule has 1 aromatic carbocycles. The molecule has 0 aliphatic heterocycles. The molecule has 1 aromatic heterocycles. The van der Waals surface area contributed by atoms with E-state index in [0.29, 0.717) is 12.1 Å². The molecule has 1 atom stereocenters. The third-order valence-corrected chi connectivity index (χ3v) is 3.31. The smallest absolute Gasteiger partial charge is 0.270 e. The predicted octanol–water partition coefficient (Wildman–Crippen LogP) is 2.49. The number of aromatic nitrogens is 1. The van der Waals surface area contributed by atoms with Crippen LogP contribution in [-0.2, 0) is 0 Å². The van der Waals surface area contributed by atoms with Gasteiger partial charge in [-0.25, -0.2) is 0 Å². The molecule has 0 fully saturated rings. The summed E-state index contributed by atoms with van der Waals surface area (Å²) >= 11 is 0. The van der Waals surface area contributed by atoms with E-state index in [-0.39, 0.29) is 23.6 Å². The van der Waals surface area contributed by atoms with Crippen LogP contribution in [0.3, 0.4) is 0 Å². The van der Waals surface area contributed by atoms with Crippen molar-refractivity contribution in [3.05, 3.63) is 78.1 Å². The van der Waals surface area contributed by atoms with Gasteiger partial charge in [-0.3, -0.25) is 14.6 Å². The molecule has 0 radical (unpaired) electrons. The summed E-state index contributed by atoms with van der Waals surface area (Å²) in [5.41, 5.74) is 1.60. The molecule has 0 bridgehead atoms. The summed E-state index contributed by atoms with van der Waals surface area (Å²) in [7, 11) is 0. The van der Waals surface area contributed by atoms with Crippen LogP contribution in [-0.4, -0.2) is 23.3 Å². The van der Waals surface area contributed by atoms with Crippen LogP contribution in [0.15, 0.2) is 61.3 Å². The number of rotatable bonds is 6. The van der Waals surface area contributed by atoms with Gasteiger partial charge in [0.05, 0.1) is 6.04 Å². The molecule has 23 heavy (non-hydrogen) atoms. The Labute approximate surface area is 135 Å². The fraction of sp³-hybridized carbons (Fsp3) is 0.167. The van der Waals surface area contributed by atoms with Crippen LogP contribution in [0.1, 0.15) is 39.4 Å². The van der Waals surface area contributed by atoms with Gasteiger partial charge in [0.15, 0.2) is 0 Å². The van der Waals surface area contributed by atoms with Crippen LogP contribution in [0.2, 0.25) is 0 Å². The second-order valence-electron chi connectivity index (χ2n) is 5.03. The van der Waals surface area contributed by atoms with Gasteiger partial charge in [0.2, 0.25) is 0 Å². The lowest BCUT2D eigenvalue weighted by atomic mass is 10.1. The van der Waals surface area contributed by atoms with Crippen LogP contribution >= 0.6 is 0 Å². The first-order valence-electron chi connectivity index (χ1n) is 7.32. The third-order valence-electron chi connectivity index (χ3n) is 3.31. The van der Waals surface area contributed by atoms with E-state index in [1.807, 2.05) is 37.3 Å². The molecular weight excluding hydrogens is 290 g/mol. The normalized spacial score (nSPS) is 11.3. The lowest BCUT2D eigenvalue weighted by molar-refractivity contribution is 0.0935. The van der Waals surface area contributed by atoms with Crippen molar-refractivity contribution in [1.82, 2.24) is 15.6 Å². The predicted molar refractivity (Wildman–Crippen MR) is 89.1 cm³/mol. The van der Waals surface area contributed by atoms with E-state index < -0.39 is 0 Å². The maximum atomic E-state index is 12.3. The summed E-state index contributed by atoms with van der Waals surface area (Å²) in [6.07, 6.45) is 3.04. The fourth-order valence-corrected chi connectivity index (χ4v) is 2.06. The average molecular weight is 309 g/mol. The zero-order chi connectivity index (χ0) is 16.7. The largest absolute Gasteiger partial charge is 0.349 e. The first kappa shape index (κ1) is 16.4. The molecule has 0 aliphatic carbocycles. The number of benzene rings is 1. The quantitative estimate of drug-likeness (QED) is 0.805. The molecule has 0 aliphatic rings. The minimum atomic E-state index is -0.320. The van der Waals surface area contributed by atoms with E-state index in [1.165, 1.54) is 12.3 Å². The molecule has 2 aromatic rings. The molecule has 5 heteroatoms. The van der Waals surface area contributed by atoms with Crippen molar-refractivity contribution in [3.8, 4) is 0 Å². The maximum absolute atomic E-state index is 12.3. The first-order chi connectivity index (χ1) is 11.1. The van der Waals surface area contributed by atoms with Crippen molar-refractivity contribution in [2.75, 3.05) is 6.54 Å². The molecule has 1 unspecified atom stereocenters. The molecule has 2 amide bonds. The van der Waals surface area contributed by atoms with E-state index in [9.17, 15) is 9.59 Å². The van der Waals surface area contributed by atoms with Crippen LogP contribution in [0.5, 0.6) is 0 Å². The number of amides is 2. The zero-order valence-corrected chi connectivity index (χ0v) is 13.0. The maximum Gasteiger partial charge on any atom is 0.270 e. The van der Waals surface area contributed by atoms with Crippen molar-refractivity contribution in [3.63, 3.8) is 0 Å². The number of pyridine rings is 1. The molecule has 0 saturated heterocycles. The van der Waals surface area contributed by atoms with Crippen molar-refractivity contribution in [2.24, 2.45) is 0 Å². The summed E-state index contributed by atoms with van der Waals surface area (Å²) in [6.45, 7) is 5.81. The minimum Gasteiger partial charge on any atom is -0.349 e. The van der Waals surface area contributed by atoms with Crippen molar-refractivity contribution in [2.45, 2.75) is 13.0 Å². The topological polar surface area (TPSA) is 71.1 Å². The van der Waals surface area contributed by atoms with E-state index in [2.05, 4.69) is 22.2 Å². The number of carbonyl (C=O) groups is 2. The lowest BCUT2D eigenvalue weighted by Crippen LogP contribution is -2.28. The Morgan fingerprint density at radius 1 is 1.22 bits per heavy atom. The SMILES string of the molecule is C=CCNC(=O)c1ccnc(C(=O)NC(C)c2ccccc2)c1. The highest BCUT2D eigenvalue weighted by Crippen LogP contribution is 2.12. The highest BCUT2D eigenvalue weighted by Gasteiger charge is 2.14. The second-order valence-corrected chi connectivity index (χ2v) is 5.03. The number of carbonyl (C=O) groups excluding carboxylic acids is 2. The van der Waals surface area contributed by atoms with Crippen LogP contribution in [0, 0.1) is 0 Å².